The lowest BCUT2D eigenvalue weighted by atomic mass is 10.2. The first-order chi connectivity index (χ1) is 10.5. The van der Waals surface area contributed by atoms with E-state index in [0.29, 0.717) is 10.8 Å². The highest BCUT2D eigenvalue weighted by molar-refractivity contribution is 8.00. The van der Waals surface area contributed by atoms with Crippen molar-refractivity contribution in [3.63, 3.8) is 0 Å². The summed E-state index contributed by atoms with van der Waals surface area (Å²) in [6.45, 7) is 8.73. The number of halogens is 2. The van der Waals surface area contributed by atoms with Gasteiger partial charge in [0.15, 0.2) is 11.6 Å². The molecular formula is C16H22F2N2OS. The predicted octanol–water partition coefficient (Wildman–Crippen LogP) is 2.86. The first-order valence-corrected chi connectivity index (χ1v) is 8.52. The smallest absolute Gasteiger partial charge is 0.233 e. The van der Waals surface area contributed by atoms with Crippen molar-refractivity contribution in [3.05, 3.63) is 29.8 Å². The average molecular weight is 328 g/mol. The zero-order valence-electron chi connectivity index (χ0n) is 13.0. The van der Waals surface area contributed by atoms with Crippen molar-refractivity contribution < 1.29 is 13.6 Å². The van der Waals surface area contributed by atoms with Crippen LogP contribution in [0.15, 0.2) is 23.1 Å². The van der Waals surface area contributed by atoms with Gasteiger partial charge in [0.1, 0.15) is 0 Å². The number of nitrogens with zero attached hydrogens (tertiary/aromatic N) is 2. The zero-order chi connectivity index (χ0) is 16.1. The summed E-state index contributed by atoms with van der Waals surface area (Å²) >= 11 is 1.25. The molecule has 1 amide bonds. The lowest BCUT2D eigenvalue weighted by molar-refractivity contribution is -0.130. The maximum absolute atomic E-state index is 13.1. The normalized spacial score (nSPS) is 16.3. The van der Waals surface area contributed by atoms with Crippen molar-refractivity contribution in [2.45, 2.75) is 18.7 Å². The van der Waals surface area contributed by atoms with Crippen molar-refractivity contribution in [1.82, 2.24) is 9.80 Å². The molecule has 0 aliphatic carbocycles. The molecule has 22 heavy (non-hydrogen) atoms. The molecule has 1 heterocycles. The summed E-state index contributed by atoms with van der Waals surface area (Å²) in [6, 6.07) is 3.72. The third-order valence-corrected chi connectivity index (χ3v) is 4.58. The van der Waals surface area contributed by atoms with Crippen molar-refractivity contribution in [2.24, 2.45) is 5.92 Å². The Labute approximate surface area is 134 Å². The molecule has 1 fully saturated rings. The second kappa shape index (κ2) is 7.92. The van der Waals surface area contributed by atoms with E-state index in [1.165, 1.54) is 17.8 Å². The maximum Gasteiger partial charge on any atom is 0.233 e. The van der Waals surface area contributed by atoms with Gasteiger partial charge in [0, 0.05) is 37.6 Å². The van der Waals surface area contributed by atoms with Crippen LogP contribution in [0.4, 0.5) is 8.78 Å². The van der Waals surface area contributed by atoms with Gasteiger partial charge >= 0.3 is 0 Å². The highest BCUT2D eigenvalue weighted by Crippen LogP contribution is 2.21. The van der Waals surface area contributed by atoms with Gasteiger partial charge in [-0.05, 0) is 24.1 Å². The molecule has 0 N–H and O–H groups in total. The molecule has 0 atom stereocenters. The van der Waals surface area contributed by atoms with Crippen LogP contribution in [0.25, 0.3) is 0 Å². The SMILES string of the molecule is CC(C)CN1CCN(C(=O)CSc2ccc(F)c(F)c2)CC1. The molecular weight excluding hydrogens is 306 g/mol. The minimum Gasteiger partial charge on any atom is -0.339 e. The number of benzene rings is 1. The van der Waals surface area contributed by atoms with Gasteiger partial charge in [0.2, 0.25) is 5.91 Å². The molecule has 1 saturated heterocycles. The molecule has 3 nitrogen and oxygen atoms in total. The van der Waals surface area contributed by atoms with Gasteiger partial charge in [0.25, 0.3) is 0 Å². The molecule has 0 aromatic heterocycles. The van der Waals surface area contributed by atoms with E-state index in [2.05, 4.69) is 18.7 Å². The third-order valence-electron chi connectivity index (χ3n) is 3.60. The largest absolute Gasteiger partial charge is 0.339 e. The quantitative estimate of drug-likeness (QED) is 0.777. The summed E-state index contributed by atoms with van der Waals surface area (Å²) < 4.78 is 26.0. The first kappa shape index (κ1) is 17.2. The molecule has 0 saturated carbocycles. The molecule has 6 heteroatoms. The van der Waals surface area contributed by atoms with Gasteiger partial charge in [-0.25, -0.2) is 8.78 Å². The summed E-state index contributed by atoms with van der Waals surface area (Å²) in [6.07, 6.45) is 0. The Morgan fingerprint density at radius 3 is 2.45 bits per heavy atom. The Hall–Kier alpha value is -1.14. The maximum atomic E-state index is 13.1. The van der Waals surface area contributed by atoms with Crippen LogP contribution in [0.5, 0.6) is 0 Å². The fourth-order valence-electron chi connectivity index (χ4n) is 2.50. The molecule has 0 spiro atoms. The predicted molar refractivity (Wildman–Crippen MR) is 84.9 cm³/mol. The van der Waals surface area contributed by atoms with Crippen LogP contribution in [0.2, 0.25) is 0 Å². The number of hydrogen-bond acceptors (Lipinski definition) is 3. The van der Waals surface area contributed by atoms with E-state index in [1.54, 1.807) is 0 Å². The van der Waals surface area contributed by atoms with E-state index in [1.807, 2.05) is 4.90 Å². The monoisotopic (exact) mass is 328 g/mol. The highest BCUT2D eigenvalue weighted by atomic mass is 32.2. The Bertz CT molecular complexity index is 517. The van der Waals surface area contributed by atoms with E-state index in [9.17, 15) is 13.6 Å². The summed E-state index contributed by atoms with van der Waals surface area (Å²) in [5.41, 5.74) is 0. The highest BCUT2D eigenvalue weighted by Gasteiger charge is 2.21. The van der Waals surface area contributed by atoms with Crippen LogP contribution in [0.1, 0.15) is 13.8 Å². The minimum absolute atomic E-state index is 0.0546. The number of thioether (sulfide) groups is 1. The standard InChI is InChI=1S/C16H22F2N2OS/c1-12(2)10-19-5-7-20(8-6-19)16(21)11-22-13-3-4-14(17)15(18)9-13/h3-4,9,12H,5-8,10-11H2,1-2H3. The van der Waals surface area contributed by atoms with Gasteiger partial charge in [-0.3, -0.25) is 9.69 Å². The lowest BCUT2D eigenvalue weighted by Gasteiger charge is -2.35. The first-order valence-electron chi connectivity index (χ1n) is 7.53. The van der Waals surface area contributed by atoms with E-state index >= 15 is 0 Å². The molecule has 1 aliphatic rings. The van der Waals surface area contributed by atoms with Crippen LogP contribution < -0.4 is 0 Å². The van der Waals surface area contributed by atoms with E-state index in [4.69, 9.17) is 0 Å². The average Bonchev–Trinajstić information content (AvgIpc) is 2.48. The molecule has 1 aromatic rings. The number of hydrogen-bond donors (Lipinski definition) is 0. The number of amides is 1. The van der Waals surface area contributed by atoms with E-state index in [-0.39, 0.29) is 11.7 Å². The Morgan fingerprint density at radius 2 is 1.86 bits per heavy atom. The number of carbonyl (C=O) groups is 1. The lowest BCUT2D eigenvalue weighted by Crippen LogP contribution is -2.49. The Balaban J connectivity index is 1.77. The second-order valence-corrected chi connectivity index (χ2v) is 6.99. The molecule has 0 radical (unpaired) electrons. The molecule has 1 aliphatic heterocycles. The summed E-state index contributed by atoms with van der Waals surface area (Å²) in [4.78, 5) is 17.0. The van der Waals surface area contributed by atoms with Crippen LogP contribution in [-0.4, -0.2) is 54.2 Å². The zero-order valence-corrected chi connectivity index (χ0v) is 13.8. The number of carbonyl (C=O) groups excluding carboxylic acids is 1. The van der Waals surface area contributed by atoms with Gasteiger partial charge in [-0.1, -0.05) is 13.8 Å². The summed E-state index contributed by atoms with van der Waals surface area (Å²) in [5, 5.41) is 0. The van der Waals surface area contributed by atoms with Gasteiger partial charge in [-0.15, -0.1) is 11.8 Å². The molecule has 122 valence electrons. The Morgan fingerprint density at radius 1 is 1.18 bits per heavy atom. The van der Waals surface area contributed by atoms with Crippen molar-refractivity contribution in [1.29, 1.82) is 0 Å². The molecule has 2 rings (SSSR count). The van der Waals surface area contributed by atoms with Gasteiger partial charge in [-0.2, -0.15) is 0 Å². The topological polar surface area (TPSA) is 23.6 Å². The van der Waals surface area contributed by atoms with Crippen LogP contribution in [0, 0.1) is 17.6 Å². The second-order valence-electron chi connectivity index (χ2n) is 5.94. The van der Waals surface area contributed by atoms with Crippen molar-refractivity contribution >= 4 is 17.7 Å². The molecule has 0 bridgehead atoms. The summed E-state index contributed by atoms with van der Waals surface area (Å²) in [5.74, 6) is -0.795. The van der Waals surface area contributed by atoms with Gasteiger partial charge in [0.05, 0.1) is 5.75 Å². The van der Waals surface area contributed by atoms with Gasteiger partial charge < -0.3 is 4.90 Å². The number of piperazine rings is 1. The number of rotatable bonds is 5. The third kappa shape index (κ3) is 4.95. The molecule has 1 aromatic carbocycles. The van der Waals surface area contributed by atoms with Crippen molar-refractivity contribution in [2.75, 3.05) is 38.5 Å². The van der Waals surface area contributed by atoms with Crippen LogP contribution in [0.3, 0.4) is 0 Å². The minimum atomic E-state index is -0.875. The van der Waals surface area contributed by atoms with Crippen LogP contribution >= 0.6 is 11.8 Å². The van der Waals surface area contributed by atoms with E-state index in [0.717, 1.165) is 44.9 Å². The fraction of sp³-hybridized carbons (Fsp3) is 0.562. The van der Waals surface area contributed by atoms with E-state index < -0.39 is 11.6 Å². The Kier molecular flexibility index (Phi) is 6.20. The molecule has 0 unspecified atom stereocenters. The van der Waals surface area contributed by atoms with Crippen LogP contribution in [-0.2, 0) is 4.79 Å². The fourth-order valence-corrected chi connectivity index (χ4v) is 3.32. The summed E-state index contributed by atoms with van der Waals surface area (Å²) in [7, 11) is 0. The van der Waals surface area contributed by atoms with Crippen molar-refractivity contribution in [3.8, 4) is 0 Å².